The van der Waals surface area contributed by atoms with Gasteiger partial charge in [-0.1, -0.05) is 25.0 Å². The Balaban J connectivity index is 1.65. The number of fused-ring (bicyclic) bond motifs is 1. The quantitative estimate of drug-likeness (QED) is 0.912. The highest BCUT2D eigenvalue weighted by atomic mass is 16.5. The molecule has 2 aliphatic rings. The first-order valence-electron chi connectivity index (χ1n) is 8.06. The van der Waals surface area contributed by atoms with Gasteiger partial charge in [0, 0.05) is 25.2 Å². The van der Waals surface area contributed by atoms with Gasteiger partial charge < -0.3 is 15.0 Å². The number of hydrogen-bond donors (Lipinski definition) is 1. The fraction of sp³-hybridized carbons (Fsp3) is 0.647. The average Bonchev–Trinajstić information content (AvgIpc) is 2.90. The minimum absolute atomic E-state index is 0.512. The van der Waals surface area contributed by atoms with Crippen molar-refractivity contribution in [1.29, 1.82) is 0 Å². The lowest BCUT2D eigenvalue weighted by Crippen LogP contribution is -2.43. The fourth-order valence-corrected chi connectivity index (χ4v) is 3.39. The second kappa shape index (κ2) is 6.49. The number of rotatable bonds is 4. The second-order valence-electron chi connectivity index (χ2n) is 6.10. The molecule has 1 aromatic carbocycles. The summed E-state index contributed by atoms with van der Waals surface area (Å²) in [6.07, 6.45) is 6.60. The molecule has 1 atom stereocenters. The topological polar surface area (TPSA) is 24.5 Å². The molecule has 3 rings (SSSR count). The van der Waals surface area contributed by atoms with Crippen LogP contribution in [0, 0.1) is 0 Å². The Bertz CT molecular complexity index is 429. The van der Waals surface area contributed by atoms with E-state index >= 15 is 0 Å². The van der Waals surface area contributed by atoms with E-state index in [1.54, 1.807) is 0 Å². The molecule has 0 amide bonds. The van der Waals surface area contributed by atoms with E-state index in [1.807, 2.05) is 0 Å². The molecule has 0 spiro atoms. The van der Waals surface area contributed by atoms with Crippen molar-refractivity contribution in [3.8, 4) is 5.75 Å². The van der Waals surface area contributed by atoms with Crippen LogP contribution in [-0.4, -0.2) is 31.8 Å². The fourth-order valence-electron chi connectivity index (χ4n) is 3.39. The highest BCUT2D eigenvalue weighted by Gasteiger charge is 2.22. The summed E-state index contributed by atoms with van der Waals surface area (Å²) in [5.41, 5.74) is 1.26. The van der Waals surface area contributed by atoms with Crippen molar-refractivity contribution in [2.24, 2.45) is 0 Å². The van der Waals surface area contributed by atoms with Gasteiger partial charge in [-0.25, -0.2) is 0 Å². The van der Waals surface area contributed by atoms with E-state index in [0.29, 0.717) is 6.04 Å². The SMILES string of the molecule is CC(CNC1CCCC1)N1CCCOc2ccccc21. The summed E-state index contributed by atoms with van der Waals surface area (Å²) < 4.78 is 5.84. The Morgan fingerprint density at radius 1 is 1.25 bits per heavy atom. The zero-order valence-corrected chi connectivity index (χ0v) is 12.5. The van der Waals surface area contributed by atoms with Gasteiger partial charge in [0.05, 0.1) is 12.3 Å². The molecule has 1 aliphatic carbocycles. The van der Waals surface area contributed by atoms with Crippen LogP contribution in [0.25, 0.3) is 0 Å². The number of nitrogens with zero attached hydrogens (tertiary/aromatic N) is 1. The van der Waals surface area contributed by atoms with Crippen LogP contribution < -0.4 is 15.0 Å². The first-order chi connectivity index (χ1) is 9.84. The highest BCUT2D eigenvalue weighted by molar-refractivity contribution is 5.59. The molecule has 1 aliphatic heterocycles. The Hall–Kier alpha value is -1.22. The van der Waals surface area contributed by atoms with Crippen molar-refractivity contribution in [3.63, 3.8) is 0 Å². The van der Waals surface area contributed by atoms with Crippen LogP contribution in [0.5, 0.6) is 5.75 Å². The standard InChI is InChI=1S/C17H26N2O/c1-14(13-18-15-7-2-3-8-15)19-11-6-12-20-17-10-5-4-9-16(17)19/h4-5,9-10,14-15,18H,2-3,6-8,11-13H2,1H3. The molecule has 1 aromatic rings. The predicted octanol–water partition coefficient (Wildman–Crippen LogP) is 3.20. The highest BCUT2D eigenvalue weighted by Crippen LogP contribution is 2.31. The minimum atomic E-state index is 0.512. The second-order valence-corrected chi connectivity index (χ2v) is 6.10. The number of anilines is 1. The molecular formula is C17H26N2O. The van der Waals surface area contributed by atoms with Gasteiger partial charge in [0.1, 0.15) is 5.75 Å². The third-order valence-corrected chi connectivity index (χ3v) is 4.56. The average molecular weight is 274 g/mol. The van der Waals surface area contributed by atoms with E-state index in [2.05, 4.69) is 41.4 Å². The van der Waals surface area contributed by atoms with E-state index in [-0.39, 0.29) is 0 Å². The summed E-state index contributed by atoms with van der Waals surface area (Å²) in [6.45, 7) is 5.31. The van der Waals surface area contributed by atoms with Crippen LogP contribution in [0.1, 0.15) is 39.0 Å². The van der Waals surface area contributed by atoms with Crippen LogP contribution in [0.3, 0.4) is 0 Å². The van der Waals surface area contributed by atoms with Gasteiger partial charge in [0.15, 0.2) is 0 Å². The van der Waals surface area contributed by atoms with Gasteiger partial charge in [-0.05, 0) is 38.3 Å². The lowest BCUT2D eigenvalue weighted by atomic mass is 10.2. The number of para-hydroxylation sites is 2. The Morgan fingerprint density at radius 2 is 2.05 bits per heavy atom. The Kier molecular flexibility index (Phi) is 4.46. The van der Waals surface area contributed by atoms with E-state index in [4.69, 9.17) is 4.74 Å². The summed E-state index contributed by atoms with van der Waals surface area (Å²) in [7, 11) is 0. The summed E-state index contributed by atoms with van der Waals surface area (Å²) in [6, 6.07) is 9.70. The molecule has 0 aromatic heterocycles. The van der Waals surface area contributed by atoms with Crippen LogP contribution in [0.2, 0.25) is 0 Å². The first-order valence-corrected chi connectivity index (χ1v) is 8.06. The van der Waals surface area contributed by atoms with Crippen molar-refractivity contribution in [2.45, 2.75) is 51.1 Å². The third-order valence-electron chi connectivity index (χ3n) is 4.56. The maximum Gasteiger partial charge on any atom is 0.142 e. The van der Waals surface area contributed by atoms with Gasteiger partial charge in [-0.15, -0.1) is 0 Å². The van der Waals surface area contributed by atoms with Crippen molar-refractivity contribution in [3.05, 3.63) is 24.3 Å². The van der Waals surface area contributed by atoms with E-state index in [9.17, 15) is 0 Å². The van der Waals surface area contributed by atoms with Gasteiger partial charge in [-0.3, -0.25) is 0 Å². The molecule has 3 nitrogen and oxygen atoms in total. The molecule has 1 heterocycles. The van der Waals surface area contributed by atoms with Crippen LogP contribution in [0.4, 0.5) is 5.69 Å². The van der Waals surface area contributed by atoms with Crippen LogP contribution >= 0.6 is 0 Å². The third kappa shape index (κ3) is 3.09. The molecule has 0 saturated heterocycles. The van der Waals surface area contributed by atoms with Crippen molar-refractivity contribution >= 4 is 5.69 Å². The number of ether oxygens (including phenoxy) is 1. The van der Waals surface area contributed by atoms with Gasteiger partial charge in [0.25, 0.3) is 0 Å². The normalized spacial score (nSPS) is 21.1. The van der Waals surface area contributed by atoms with Crippen molar-refractivity contribution < 1.29 is 4.74 Å². The maximum absolute atomic E-state index is 5.84. The smallest absolute Gasteiger partial charge is 0.142 e. The molecule has 0 radical (unpaired) electrons. The van der Waals surface area contributed by atoms with Crippen molar-refractivity contribution in [1.82, 2.24) is 5.32 Å². The van der Waals surface area contributed by atoms with Gasteiger partial charge in [0.2, 0.25) is 0 Å². The minimum Gasteiger partial charge on any atom is -0.491 e. The van der Waals surface area contributed by atoms with Crippen molar-refractivity contribution in [2.75, 3.05) is 24.6 Å². The van der Waals surface area contributed by atoms with E-state index < -0.39 is 0 Å². The maximum atomic E-state index is 5.84. The molecule has 1 saturated carbocycles. The van der Waals surface area contributed by atoms with Gasteiger partial charge >= 0.3 is 0 Å². The molecular weight excluding hydrogens is 248 g/mol. The molecule has 0 bridgehead atoms. The number of nitrogens with one attached hydrogen (secondary N) is 1. The summed E-state index contributed by atoms with van der Waals surface area (Å²) in [5.74, 6) is 1.04. The molecule has 1 N–H and O–H groups in total. The number of hydrogen-bond acceptors (Lipinski definition) is 3. The van der Waals surface area contributed by atoms with Crippen LogP contribution in [0.15, 0.2) is 24.3 Å². The Morgan fingerprint density at radius 3 is 2.90 bits per heavy atom. The monoisotopic (exact) mass is 274 g/mol. The lowest BCUT2D eigenvalue weighted by Gasteiger charge is -2.31. The first kappa shape index (κ1) is 13.7. The summed E-state index contributed by atoms with van der Waals surface area (Å²) >= 11 is 0. The van der Waals surface area contributed by atoms with E-state index in [1.165, 1.54) is 31.4 Å². The largest absolute Gasteiger partial charge is 0.491 e. The summed E-state index contributed by atoms with van der Waals surface area (Å²) in [4.78, 5) is 2.50. The molecule has 110 valence electrons. The predicted molar refractivity (Wildman–Crippen MR) is 83.6 cm³/mol. The zero-order valence-electron chi connectivity index (χ0n) is 12.5. The summed E-state index contributed by atoms with van der Waals surface area (Å²) in [5, 5.41) is 3.75. The molecule has 1 unspecified atom stereocenters. The Labute approximate surface area is 122 Å². The van der Waals surface area contributed by atoms with E-state index in [0.717, 1.165) is 37.9 Å². The van der Waals surface area contributed by atoms with Gasteiger partial charge in [-0.2, -0.15) is 0 Å². The zero-order chi connectivity index (χ0) is 13.8. The number of benzene rings is 1. The lowest BCUT2D eigenvalue weighted by molar-refractivity contribution is 0.322. The molecule has 3 heteroatoms. The molecule has 20 heavy (non-hydrogen) atoms. The molecule has 1 fully saturated rings. The van der Waals surface area contributed by atoms with Crippen LogP contribution in [-0.2, 0) is 0 Å².